The monoisotopic (exact) mass is 345 g/mol. The summed E-state index contributed by atoms with van der Waals surface area (Å²) in [5.41, 5.74) is 4.69. The Morgan fingerprint density at radius 1 is 1.33 bits per heavy atom. The summed E-state index contributed by atoms with van der Waals surface area (Å²) in [5, 5.41) is 0.756. The molecule has 1 fully saturated rings. The van der Waals surface area contributed by atoms with E-state index in [0.717, 1.165) is 52.2 Å². The molecule has 0 spiro atoms. The normalized spacial score (nSPS) is 16.2. The summed E-state index contributed by atoms with van der Waals surface area (Å²) < 4.78 is 13.0. The van der Waals surface area contributed by atoms with Crippen LogP contribution in [0.3, 0.4) is 0 Å². The number of aldehydes is 1. The second-order valence-corrected chi connectivity index (χ2v) is 6.99. The molecule has 0 bridgehead atoms. The standard InChI is InChI=1S/C20H21ClFNO/c1-12-13(2)23-20(17(12)11-24)19(15-6-7-15)18(21)10-5-14-3-8-16(22)9-4-14/h3-4,8-11,15,19,23H,5-7H2,1-2H3/b18-10+. The smallest absolute Gasteiger partial charge is 0.152 e. The lowest BCUT2D eigenvalue weighted by atomic mass is 9.94. The van der Waals surface area contributed by atoms with E-state index in [-0.39, 0.29) is 11.7 Å². The molecule has 24 heavy (non-hydrogen) atoms. The summed E-state index contributed by atoms with van der Waals surface area (Å²) in [5.74, 6) is 0.287. The second kappa shape index (κ2) is 6.94. The van der Waals surface area contributed by atoms with Crippen LogP contribution in [0.1, 0.15) is 51.6 Å². The van der Waals surface area contributed by atoms with Crippen LogP contribution < -0.4 is 0 Å². The van der Waals surface area contributed by atoms with Gasteiger partial charge in [-0.25, -0.2) is 4.39 Å². The summed E-state index contributed by atoms with van der Waals surface area (Å²) in [6, 6.07) is 6.44. The maximum Gasteiger partial charge on any atom is 0.152 e. The molecule has 0 radical (unpaired) electrons. The van der Waals surface area contributed by atoms with E-state index in [0.29, 0.717) is 12.3 Å². The number of hydrogen-bond donors (Lipinski definition) is 1. The zero-order chi connectivity index (χ0) is 17.3. The van der Waals surface area contributed by atoms with E-state index in [9.17, 15) is 9.18 Å². The number of benzene rings is 1. The maximum atomic E-state index is 13.0. The lowest BCUT2D eigenvalue weighted by Gasteiger charge is -2.16. The molecule has 0 saturated heterocycles. The van der Waals surface area contributed by atoms with Crippen LogP contribution in [0.4, 0.5) is 4.39 Å². The molecule has 1 atom stereocenters. The molecule has 1 aliphatic carbocycles. The predicted molar refractivity (Wildman–Crippen MR) is 95.2 cm³/mol. The fraction of sp³-hybridized carbons (Fsp3) is 0.350. The third-order valence-corrected chi connectivity index (χ3v) is 5.23. The molecule has 1 N–H and O–H groups in total. The highest BCUT2D eigenvalue weighted by molar-refractivity contribution is 6.30. The molecule has 0 amide bonds. The molecule has 1 heterocycles. The Kier molecular flexibility index (Phi) is 4.91. The van der Waals surface area contributed by atoms with Gasteiger partial charge in [0.1, 0.15) is 5.82 Å². The SMILES string of the molecule is Cc1[nH]c(C(/C(Cl)=C\Cc2ccc(F)cc2)C2CC2)c(C=O)c1C. The number of rotatable bonds is 6. The Labute approximate surface area is 146 Å². The minimum absolute atomic E-state index is 0.0414. The van der Waals surface area contributed by atoms with E-state index in [2.05, 4.69) is 4.98 Å². The first-order chi connectivity index (χ1) is 11.5. The van der Waals surface area contributed by atoms with Gasteiger partial charge in [-0.2, -0.15) is 0 Å². The average Bonchev–Trinajstić information content (AvgIpc) is 3.35. The first kappa shape index (κ1) is 17.0. The van der Waals surface area contributed by atoms with Crippen molar-refractivity contribution in [2.24, 2.45) is 5.92 Å². The van der Waals surface area contributed by atoms with E-state index in [4.69, 9.17) is 11.6 Å². The largest absolute Gasteiger partial charge is 0.361 e. The van der Waals surface area contributed by atoms with Crippen molar-refractivity contribution in [1.82, 2.24) is 4.98 Å². The summed E-state index contributed by atoms with van der Waals surface area (Å²) >= 11 is 6.64. The van der Waals surface area contributed by atoms with E-state index in [1.807, 2.05) is 19.9 Å². The number of aromatic amines is 1. The van der Waals surface area contributed by atoms with Crippen LogP contribution in [0.2, 0.25) is 0 Å². The lowest BCUT2D eigenvalue weighted by Crippen LogP contribution is -2.06. The molecular formula is C20H21ClFNO. The summed E-state index contributed by atoms with van der Waals surface area (Å²) in [6.07, 6.45) is 5.81. The van der Waals surface area contributed by atoms with Crippen LogP contribution in [-0.4, -0.2) is 11.3 Å². The van der Waals surface area contributed by atoms with Crippen LogP contribution in [0.15, 0.2) is 35.4 Å². The van der Waals surface area contributed by atoms with Crippen molar-refractivity contribution in [1.29, 1.82) is 0 Å². The van der Waals surface area contributed by atoms with Crippen LogP contribution in [0.5, 0.6) is 0 Å². The van der Waals surface area contributed by atoms with Gasteiger partial charge in [-0.1, -0.05) is 29.8 Å². The molecule has 1 aromatic heterocycles. The Hall–Kier alpha value is -1.87. The third-order valence-electron chi connectivity index (χ3n) is 4.84. The first-order valence-corrected chi connectivity index (χ1v) is 8.63. The van der Waals surface area contributed by atoms with Gasteiger partial charge in [0.25, 0.3) is 0 Å². The van der Waals surface area contributed by atoms with Crippen molar-refractivity contribution >= 4 is 17.9 Å². The van der Waals surface area contributed by atoms with E-state index >= 15 is 0 Å². The number of halogens is 2. The second-order valence-electron chi connectivity index (χ2n) is 6.55. The molecule has 1 saturated carbocycles. The Morgan fingerprint density at radius 3 is 2.58 bits per heavy atom. The molecule has 0 aliphatic heterocycles. The summed E-state index contributed by atoms with van der Waals surface area (Å²) in [4.78, 5) is 14.9. The molecule has 1 aromatic carbocycles. The number of hydrogen-bond acceptors (Lipinski definition) is 1. The Morgan fingerprint density at radius 2 is 2.00 bits per heavy atom. The molecule has 126 valence electrons. The Bertz CT molecular complexity index is 772. The molecule has 2 aromatic rings. The first-order valence-electron chi connectivity index (χ1n) is 8.25. The fourth-order valence-electron chi connectivity index (χ4n) is 3.16. The molecule has 1 aliphatic rings. The number of allylic oxidation sites excluding steroid dienone is 2. The number of carbonyl (C=O) groups excluding carboxylic acids is 1. The quantitative estimate of drug-likeness (QED) is 0.694. The van der Waals surface area contributed by atoms with E-state index in [1.54, 1.807) is 12.1 Å². The van der Waals surface area contributed by atoms with Gasteiger partial charge in [0.05, 0.1) is 0 Å². The van der Waals surface area contributed by atoms with Crippen molar-refractivity contribution in [3.63, 3.8) is 0 Å². The molecule has 4 heteroatoms. The lowest BCUT2D eigenvalue weighted by molar-refractivity contribution is 0.112. The van der Waals surface area contributed by atoms with Crippen molar-refractivity contribution in [3.8, 4) is 0 Å². The number of nitrogens with one attached hydrogen (secondary N) is 1. The number of aryl methyl sites for hydroxylation is 1. The topological polar surface area (TPSA) is 32.9 Å². The highest BCUT2D eigenvalue weighted by Gasteiger charge is 2.37. The van der Waals surface area contributed by atoms with Gasteiger partial charge in [-0.3, -0.25) is 4.79 Å². The molecule has 3 rings (SSSR count). The van der Waals surface area contributed by atoms with Gasteiger partial charge in [-0.15, -0.1) is 0 Å². The van der Waals surface area contributed by atoms with Gasteiger partial charge in [0, 0.05) is 27.9 Å². The highest BCUT2D eigenvalue weighted by Crippen LogP contribution is 2.48. The fourth-order valence-corrected chi connectivity index (χ4v) is 3.52. The summed E-state index contributed by atoms with van der Waals surface area (Å²) in [6.45, 7) is 3.94. The van der Waals surface area contributed by atoms with E-state index in [1.165, 1.54) is 12.1 Å². The van der Waals surface area contributed by atoms with Crippen LogP contribution in [0, 0.1) is 25.6 Å². The Balaban J connectivity index is 1.88. The van der Waals surface area contributed by atoms with Gasteiger partial charge < -0.3 is 4.98 Å². The molecule has 1 unspecified atom stereocenters. The average molecular weight is 346 g/mol. The number of H-pyrrole nitrogens is 1. The highest BCUT2D eigenvalue weighted by atomic mass is 35.5. The molecular weight excluding hydrogens is 325 g/mol. The number of carbonyl (C=O) groups is 1. The van der Waals surface area contributed by atoms with Crippen LogP contribution >= 0.6 is 11.6 Å². The van der Waals surface area contributed by atoms with Gasteiger partial charge in [0.15, 0.2) is 6.29 Å². The summed E-state index contributed by atoms with van der Waals surface area (Å²) in [7, 11) is 0. The zero-order valence-corrected chi connectivity index (χ0v) is 14.7. The zero-order valence-electron chi connectivity index (χ0n) is 13.9. The van der Waals surface area contributed by atoms with Crippen molar-refractivity contribution in [2.45, 2.75) is 39.0 Å². The van der Waals surface area contributed by atoms with Gasteiger partial charge >= 0.3 is 0 Å². The van der Waals surface area contributed by atoms with Gasteiger partial charge in [-0.05, 0) is 62.3 Å². The predicted octanol–water partition coefficient (Wildman–Crippen LogP) is 5.44. The third kappa shape index (κ3) is 3.46. The number of aromatic nitrogens is 1. The van der Waals surface area contributed by atoms with Crippen LogP contribution in [0.25, 0.3) is 0 Å². The van der Waals surface area contributed by atoms with Crippen molar-refractivity contribution < 1.29 is 9.18 Å². The minimum atomic E-state index is -0.238. The van der Waals surface area contributed by atoms with Crippen LogP contribution in [-0.2, 0) is 6.42 Å². The van der Waals surface area contributed by atoms with Crippen molar-refractivity contribution in [3.05, 3.63) is 69.3 Å². The van der Waals surface area contributed by atoms with E-state index < -0.39 is 0 Å². The maximum absolute atomic E-state index is 13.0. The van der Waals surface area contributed by atoms with Crippen molar-refractivity contribution in [2.75, 3.05) is 0 Å². The molecule has 2 nitrogen and oxygen atoms in total. The van der Waals surface area contributed by atoms with Gasteiger partial charge in [0.2, 0.25) is 0 Å². The minimum Gasteiger partial charge on any atom is -0.361 e.